The minimum absolute atomic E-state index is 0.303. The fourth-order valence-corrected chi connectivity index (χ4v) is 2.81. The van der Waals surface area contributed by atoms with Gasteiger partial charge in [-0.1, -0.05) is 12.8 Å². The molecule has 0 aromatic rings. The van der Waals surface area contributed by atoms with Crippen molar-refractivity contribution in [3.8, 4) is 0 Å². The van der Waals surface area contributed by atoms with Crippen LogP contribution >= 0.6 is 0 Å². The summed E-state index contributed by atoms with van der Waals surface area (Å²) < 4.78 is 0. The molecule has 0 bridgehead atoms. The van der Waals surface area contributed by atoms with Gasteiger partial charge >= 0.3 is 0 Å². The molecule has 0 aromatic heterocycles. The smallest absolute Gasteiger partial charge is 0.223 e. The Morgan fingerprint density at radius 3 is 2.43 bits per heavy atom. The van der Waals surface area contributed by atoms with E-state index < -0.39 is 0 Å². The highest BCUT2D eigenvalue weighted by Gasteiger charge is 2.54. The van der Waals surface area contributed by atoms with Crippen LogP contribution in [0.4, 0.5) is 0 Å². The lowest BCUT2D eigenvalue weighted by Gasteiger charge is -2.04. The van der Waals surface area contributed by atoms with Crippen molar-refractivity contribution in [3.63, 3.8) is 0 Å². The first-order valence-electron chi connectivity index (χ1n) is 5.77. The lowest BCUT2D eigenvalue weighted by atomic mass is 10.0. The van der Waals surface area contributed by atoms with Crippen LogP contribution in [-0.2, 0) is 4.79 Å². The average Bonchev–Trinajstić information content (AvgIpc) is 2.92. The van der Waals surface area contributed by atoms with E-state index in [1.807, 2.05) is 7.05 Å². The molecule has 2 atom stereocenters. The van der Waals surface area contributed by atoms with Crippen LogP contribution in [0.5, 0.6) is 0 Å². The molecule has 0 heterocycles. The number of fused-ring (bicyclic) bond motifs is 1. The molecule has 2 aliphatic carbocycles. The second-order valence-corrected chi connectivity index (χ2v) is 4.53. The second-order valence-electron chi connectivity index (χ2n) is 4.53. The first-order valence-corrected chi connectivity index (χ1v) is 5.77. The van der Waals surface area contributed by atoms with E-state index in [4.69, 9.17) is 0 Å². The summed E-state index contributed by atoms with van der Waals surface area (Å²) in [5.41, 5.74) is 0. The van der Waals surface area contributed by atoms with E-state index >= 15 is 0 Å². The van der Waals surface area contributed by atoms with Gasteiger partial charge in [-0.05, 0) is 31.7 Å². The van der Waals surface area contributed by atoms with Gasteiger partial charge in [-0.15, -0.1) is 0 Å². The molecule has 0 aliphatic heterocycles. The summed E-state index contributed by atoms with van der Waals surface area (Å²) in [6.07, 6.45) is 5.24. The summed E-state index contributed by atoms with van der Waals surface area (Å²) in [6.45, 7) is 1.64. The molecule has 0 aromatic carbocycles. The minimum Gasteiger partial charge on any atom is -0.355 e. The Balaban J connectivity index is 1.71. The van der Waals surface area contributed by atoms with Crippen LogP contribution in [-0.4, -0.2) is 26.0 Å². The molecule has 14 heavy (non-hydrogen) atoms. The number of carbonyl (C=O) groups excluding carboxylic acids is 1. The van der Waals surface area contributed by atoms with Gasteiger partial charge in [0.15, 0.2) is 0 Å². The molecule has 3 heteroatoms. The van der Waals surface area contributed by atoms with E-state index in [-0.39, 0.29) is 0 Å². The normalized spacial score (nSPS) is 34.8. The van der Waals surface area contributed by atoms with Gasteiger partial charge in [0.25, 0.3) is 0 Å². The van der Waals surface area contributed by atoms with Crippen LogP contribution in [0, 0.1) is 17.8 Å². The molecule has 2 saturated carbocycles. The van der Waals surface area contributed by atoms with Gasteiger partial charge in [0.2, 0.25) is 5.91 Å². The summed E-state index contributed by atoms with van der Waals surface area (Å²) in [6, 6.07) is 0. The number of hydrogen-bond acceptors (Lipinski definition) is 2. The summed E-state index contributed by atoms with van der Waals surface area (Å²) in [4.78, 5) is 11.7. The quantitative estimate of drug-likeness (QED) is 0.652. The molecule has 2 fully saturated rings. The molecule has 80 valence electrons. The number of rotatable bonds is 4. The Kier molecular flexibility index (Phi) is 3.06. The highest BCUT2D eigenvalue weighted by Crippen LogP contribution is 2.55. The highest BCUT2D eigenvalue weighted by atomic mass is 16.2. The van der Waals surface area contributed by atoms with Crippen LogP contribution in [0.15, 0.2) is 0 Å². The Bertz CT molecular complexity index is 205. The monoisotopic (exact) mass is 196 g/mol. The van der Waals surface area contributed by atoms with Crippen molar-refractivity contribution < 1.29 is 4.79 Å². The van der Waals surface area contributed by atoms with Crippen molar-refractivity contribution in [1.29, 1.82) is 0 Å². The first kappa shape index (κ1) is 9.97. The first-order chi connectivity index (χ1) is 6.84. The number of hydrogen-bond donors (Lipinski definition) is 2. The number of amides is 1. The van der Waals surface area contributed by atoms with E-state index in [0.717, 1.165) is 24.9 Å². The van der Waals surface area contributed by atoms with Gasteiger partial charge in [0, 0.05) is 19.0 Å². The number of carbonyl (C=O) groups is 1. The molecule has 0 saturated heterocycles. The molecule has 2 aliphatic rings. The Hall–Kier alpha value is -0.570. The molecule has 0 spiro atoms. The van der Waals surface area contributed by atoms with Crippen molar-refractivity contribution in [2.24, 2.45) is 17.8 Å². The minimum atomic E-state index is 0.303. The third kappa shape index (κ3) is 1.92. The third-order valence-corrected chi connectivity index (χ3v) is 3.63. The van der Waals surface area contributed by atoms with Gasteiger partial charge in [-0.25, -0.2) is 0 Å². The lowest BCUT2D eigenvalue weighted by molar-refractivity contribution is -0.122. The summed E-state index contributed by atoms with van der Waals surface area (Å²) in [7, 11) is 1.91. The Labute approximate surface area is 85.6 Å². The van der Waals surface area contributed by atoms with Crippen LogP contribution < -0.4 is 10.6 Å². The molecule has 1 amide bonds. The van der Waals surface area contributed by atoms with Gasteiger partial charge in [-0.2, -0.15) is 0 Å². The zero-order valence-corrected chi connectivity index (χ0v) is 8.88. The average molecular weight is 196 g/mol. The fraction of sp³-hybridized carbons (Fsp3) is 0.909. The van der Waals surface area contributed by atoms with E-state index in [1.54, 1.807) is 0 Å². The van der Waals surface area contributed by atoms with Crippen molar-refractivity contribution in [3.05, 3.63) is 0 Å². The van der Waals surface area contributed by atoms with Crippen LogP contribution in [0.1, 0.15) is 25.7 Å². The lowest BCUT2D eigenvalue weighted by Crippen LogP contribution is -2.32. The van der Waals surface area contributed by atoms with Gasteiger partial charge in [0.1, 0.15) is 0 Å². The maximum Gasteiger partial charge on any atom is 0.223 e. The zero-order chi connectivity index (χ0) is 9.97. The molecule has 3 nitrogen and oxygen atoms in total. The zero-order valence-electron chi connectivity index (χ0n) is 8.88. The standard InChI is InChI=1S/C11H20N2O/c1-12-6-7-13-11(14)10-8-4-2-3-5-9(8)10/h8-10,12H,2-7H2,1H3,(H,13,14). The fourth-order valence-electron chi connectivity index (χ4n) is 2.81. The summed E-state index contributed by atoms with van der Waals surface area (Å²) in [5, 5.41) is 6.03. The van der Waals surface area contributed by atoms with Gasteiger partial charge in [0.05, 0.1) is 0 Å². The second kappa shape index (κ2) is 4.30. The van der Waals surface area contributed by atoms with E-state index in [1.165, 1.54) is 25.7 Å². The maximum absolute atomic E-state index is 11.7. The van der Waals surface area contributed by atoms with Crippen molar-refractivity contribution in [2.45, 2.75) is 25.7 Å². The van der Waals surface area contributed by atoms with Crippen molar-refractivity contribution in [1.82, 2.24) is 10.6 Å². The predicted octanol–water partition coefficient (Wildman–Crippen LogP) is 0.758. The predicted molar refractivity (Wildman–Crippen MR) is 55.9 cm³/mol. The summed E-state index contributed by atoms with van der Waals surface area (Å²) in [5.74, 6) is 2.14. The molecule has 2 unspecified atom stereocenters. The maximum atomic E-state index is 11.7. The van der Waals surface area contributed by atoms with Crippen LogP contribution in [0.2, 0.25) is 0 Å². The van der Waals surface area contributed by atoms with Gasteiger partial charge in [-0.3, -0.25) is 4.79 Å². The Morgan fingerprint density at radius 2 is 1.86 bits per heavy atom. The number of nitrogens with one attached hydrogen (secondary N) is 2. The third-order valence-electron chi connectivity index (χ3n) is 3.63. The highest BCUT2D eigenvalue weighted by molar-refractivity contribution is 5.82. The SMILES string of the molecule is CNCCNC(=O)C1C2CCCCC21. The molecule has 0 radical (unpaired) electrons. The van der Waals surface area contributed by atoms with Crippen molar-refractivity contribution >= 4 is 5.91 Å². The van der Waals surface area contributed by atoms with E-state index in [2.05, 4.69) is 10.6 Å². The summed E-state index contributed by atoms with van der Waals surface area (Å²) >= 11 is 0. The largest absolute Gasteiger partial charge is 0.355 e. The van der Waals surface area contributed by atoms with E-state index in [0.29, 0.717) is 11.8 Å². The Morgan fingerprint density at radius 1 is 1.21 bits per heavy atom. The molecule has 2 rings (SSSR count). The van der Waals surface area contributed by atoms with Crippen LogP contribution in [0.3, 0.4) is 0 Å². The number of likely N-dealkylation sites (N-methyl/N-ethyl adjacent to an activating group) is 1. The molecular weight excluding hydrogens is 176 g/mol. The van der Waals surface area contributed by atoms with E-state index in [9.17, 15) is 4.79 Å². The topological polar surface area (TPSA) is 41.1 Å². The molecular formula is C11H20N2O. The van der Waals surface area contributed by atoms with Gasteiger partial charge < -0.3 is 10.6 Å². The van der Waals surface area contributed by atoms with Crippen molar-refractivity contribution in [2.75, 3.05) is 20.1 Å². The van der Waals surface area contributed by atoms with Crippen LogP contribution in [0.25, 0.3) is 0 Å². The molecule has 2 N–H and O–H groups in total.